The van der Waals surface area contributed by atoms with E-state index >= 15 is 0 Å². The van der Waals surface area contributed by atoms with Gasteiger partial charge in [-0.05, 0) is 41.5 Å². The average molecular weight is 405 g/mol. The fraction of sp³-hybridized carbons (Fsp3) is 0.0870. The molecule has 0 spiro atoms. The number of likely N-dealkylation sites (tertiary alicyclic amines) is 1. The molecule has 0 radical (unpaired) electrons. The number of ketones is 1. The first-order valence-electron chi connectivity index (χ1n) is 9.04. The van der Waals surface area contributed by atoms with Crippen LogP contribution in [0.4, 0.5) is 0 Å². The van der Waals surface area contributed by atoms with Crippen molar-refractivity contribution in [3.8, 4) is 0 Å². The number of halogens is 1. The second-order valence-electron chi connectivity index (χ2n) is 6.71. The lowest BCUT2D eigenvalue weighted by Gasteiger charge is -2.25. The van der Waals surface area contributed by atoms with Crippen molar-refractivity contribution in [1.29, 1.82) is 0 Å². The summed E-state index contributed by atoms with van der Waals surface area (Å²) in [6.07, 6.45) is 3.30. The zero-order chi connectivity index (χ0) is 20.4. The van der Waals surface area contributed by atoms with E-state index in [1.165, 1.54) is 4.90 Å². The van der Waals surface area contributed by atoms with Crippen LogP contribution in [0.5, 0.6) is 0 Å². The first kappa shape index (κ1) is 18.9. The van der Waals surface area contributed by atoms with Crippen molar-refractivity contribution in [1.82, 2.24) is 9.88 Å². The number of hydrogen-bond acceptors (Lipinski definition) is 4. The van der Waals surface area contributed by atoms with E-state index in [2.05, 4.69) is 4.98 Å². The van der Waals surface area contributed by atoms with Crippen LogP contribution in [0.3, 0.4) is 0 Å². The summed E-state index contributed by atoms with van der Waals surface area (Å²) in [7, 11) is 0. The Bertz CT molecular complexity index is 1080. The van der Waals surface area contributed by atoms with Crippen LogP contribution in [0.1, 0.15) is 22.7 Å². The Morgan fingerprint density at radius 2 is 1.72 bits per heavy atom. The molecule has 5 nitrogen and oxygen atoms in total. The van der Waals surface area contributed by atoms with Gasteiger partial charge in [-0.3, -0.25) is 14.6 Å². The van der Waals surface area contributed by atoms with Crippen molar-refractivity contribution in [2.24, 2.45) is 0 Å². The quantitative estimate of drug-likeness (QED) is 0.398. The molecule has 6 heteroatoms. The Morgan fingerprint density at radius 3 is 2.38 bits per heavy atom. The Kier molecular flexibility index (Phi) is 5.14. The van der Waals surface area contributed by atoms with Crippen LogP contribution in [-0.2, 0) is 16.1 Å². The van der Waals surface area contributed by atoms with Crippen LogP contribution in [0.25, 0.3) is 5.76 Å². The van der Waals surface area contributed by atoms with Gasteiger partial charge < -0.3 is 10.0 Å². The minimum Gasteiger partial charge on any atom is -0.507 e. The van der Waals surface area contributed by atoms with Gasteiger partial charge in [0.25, 0.3) is 11.7 Å². The zero-order valence-electron chi connectivity index (χ0n) is 15.3. The number of benzene rings is 2. The van der Waals surface area contributed by atoms with E-state index in [1.807, 2.05) is 36.4 Å². The molecule has 0 bridgehead atoms. The molecule has 1 N–H and O–H groups in total. The number of hydrogen-bond donors (Lipinski definition) is 1. The molecule has 3 aromatic rings. The highest BCUT2D eigenvalue weighted by Gasteiger charge is 2.46. The second kappa shape index (κ2) is 7.89. The third-order valence-corrected chi connectivity index (χ3v) is 5.10. The zero-order valence-corrected chi connectivity index (χ0v) is 16.1. The van der Waals surface area contributed by atoms with E-state index in [0.717, 1.165) is 11.1 Å². The summed E-state index contributed by atoms with van der Waals surface area (Å²) in [6, 6.07) is 18.6. The SMILES string of the molecule is O=C1C(=O)N(Cc2cccnc2)C(c2ccccc2)C1=C(O)c1ccc(Cl)cc1. The smallest absolute Gasteiger partial charge is 0.295 e. The van der Waals surface area contributed by atoms with Crippen molar-refractivity contribution in [2.45, 2.75) is 12.6 Å². The second-order valence-corrected chi connectivity index (χ2v) is 7.14. The summed E-state index contributed by atoms with van der Waals surface area (Å²) >= 11 is 5.93. The number of aliphatic hydroxyl groups excluding tert-OH is 1. The molecule has 1 saturated heterocycles. The van der Waals surface area contributed by atoms with Gasteiger partial charge in [-0.1, -0.05) is 48.0 Å². The average Bonchev–Trinajstić information content (AvgIpc) is 3.00. The Hall–Kier alpha value is -3.44. The number of rotatable bonds is 4. The first-order chi connectivity index (χ1) is 14.1. The van der Waals surface area contributed by atoms with Crippen molar-refractivity contribution in [2.75, 3.05) is 0 Å². The Labute approximate surface area is 172 Å². The van der Waals surface area contributed by atoms with Gasteiger partial charge in [-0.2, -0.15) is 0 Å². The van der Waals surface area contributed by atoms with Crippen LogP contribution in [0.2, 0.25) is 5.02 Å². The number of carbonyl (C=O) groups excluding carboxylic acids is 2. The number of nitrogens with zero attached hydrogens (tertiary/aromatic N) is 2. The minimum atomic E-state index is -0.713. The number of aromatic nitrogens is 1. The van der Waals surface area contributed by atoms with E-state index in [0.29, 0.717) is 10.6 Å². The Morgan fingerprint density at radius 1 is 1.00 bits per heavy atom. The molecular weight excluding hydrogens is 388 g/mol. The van der Waals surface area contributed by atoms with Gasteiger partial charge in [0.05, 0.1) is 11.6 Å². The molecule has 1 amide bonds. The molecule has 1 atom stereocenters. The summed E-state index contributed by atoms with van der Waals surface area (Å²) in [5.74, 6) is -1.59. The fourth-order valence-electron chi connectivity index (χ4n) is 3.48. The Balaban J connectivity index is 1.85. The highest BCUT2D eigenvalue weighted by molar-refractivity contribution is 6.46. The number of carbonyl (C=O) groups is 2. The van der Waals surface area contributed by atoms with Crippen LogP contribution in [0, 0.1) is 0 Å². The predicted octanol–water partition coefficient (Wildman–Crippen LogP) is 4.36. The van der Waals surface area contributed by atoms with E-state index in [1.54, 1.807) is 42.7 Å². The standard InChI is InChI=1S/C23H17ClN2O3/c24-18-10-8-17(9-11-18)21(27)19-20(16-6-2-1-3-7-16)26(23(29)22(19)28)14-15-5-4-12-25-13-15/h1-13,20,27H,14H2. The van der Waals surface area contributed by atoms with Gasteiger partial charge in [0, 0.05) is 29.5 Å². The van der Waals surface area contributed by atoms with Gasteiger partial charge in [-0.15, -0.1) is 0 Å². The molecule has 1 fully saturated rings. The normalized spacial score (nSPS) is 18.2. The number of pyridine rings is 1. The van der Waals surface area contributed by atoms with E-state index in [4.69, 9.17) is 11.6 Å². The van der Waals surface area contributed by atoms with E-state index in [9.17, 15) is 14.7 Å². The molecule has 4 rings (SSSR count). The molecule has 0 aliphatic carbocycles. The molecule has 29 heavy (non-hydrogen) atoms. The highest BCUT2D eigenvalue weighted by Crippen LogP contribution is 2.40. The lowest BCUT2D eigenvalue weighted by Crippen LogP contribution is -2.29. The van der Waals surface area contributed by atoms with Crippen molar-refractivity contribution in [3.63, 3.8) is 0 Å². The molecule has 1 aromatic heterocycles. The van der Waals surface area contributed by atoms with Crippen LogP contribution < -0.4 is 0 Å². The summed E-state index contributed by atoms with van der Waals surface area (Å²) in [5.41, 5.74) is 2.02. The van der Waals surface area contributed by atoms with Gasteiger partial charge in [0.2, 0.25) is 0 Å². The summed E-state index contributed by atoms with van der Waals surface area (Å²) in [4.78, 5) is 31.4. The molecule has 144 valence electrons. The molecule has 1 aliphatic rings. The summed E-state index contributed by atoms with van der Waals surface area (Å²) in [5, 5.41) is 11.5. The largest absolute Gasteiger partial charge is 0.507 e. The lowest BCUT2D eigenvalue weighted by atomic mass is 9.95. The van der Waals surface area contributed by atoms with Gasteiger partial charge in [0.15, 0.2) is 0 Å². The molecule has 2 aromatic carbocycles. The number of amides is 1. The minimum absolute atomic E-state index is 0.0624. The van der Waals surface area contributed by atoms with Gasteiger partial charge >= 0.3 is 0 Å². The monoisotopic (exact) mass is 404 g/mol. The van der Waals surface area contributed by atoms with E-state index < -0.39 is 17.7 Å². The molecule has 1 unspecified atom stereocenters. The van der Waals surface area contributed by atoms with Crippen LogP contribution >= 0.6 is 11.6 Å². The van der Waals surface area contributed by atoms with Crippen molar-refractivity contribution < 1.29 is 14.7 Å². The van der Waals surface area contributed by atoms with E-state index in [-0.39, 0.29) is 17.9 Å². The third-order valence-electron chi connectivity index (χ3n) is 4.85. The third kappa shape index (κ3) is 3.65. The molecule has 1 aliphatic heterocycles. The van der Waals surface area contributed by atoms with Crippen LogP contribution in [0.15, 0.2) is 84.7 Å². The molecular formula is C23H17ClN2O3. The number of Topliss-reactive ketones (excluding diaryl/α,β-unsaturated/α-hetero) is 1. The fourth-order valence-corrected chi connectivity index (χ4v) is 3.60. The maximum Gasteiger partial charge on any atom is 0.295 e. The van der Waals surface area contributed by atoms with Gasteiger partial charge in [0.1, 0.15) is 5.76 Å². The van der Waals surface area contributed by atoms with Gasteiger partial charge in [-0.25, -0.2) is 0 Å². The maximum absolute atomic E-state index is 12.9. The number of aliphatic hydroxyl groups is 1. The van der Waals surface area contributed by atoms with Crippen molar-refractivity contribution >= 4 is 29.1 Å². The van der Waals surface area contributed by atoms with Crippen LogP contribution in [-0.4, -0.2) is 26.7 Å². The topological polar surface area (TPSA) is 70.5 Å². The highest BCUT2D eigenvalue weighted by atomic mass is 35.5. The molecule has 2 heterocycles. The molecule has 0 saturated carbocycles. The lowest BCUT2D eigenvalue weighted by molar-refractivity contribution is -0.140. The van der Waals surface area contributed by atoms with Crippen molar-refractivity contribution in [3.05, 3.63) is 106 Å². The first-order valence-corrected chi connectivity index (χ1v) is 9.42. The maximum atomic E-state index is 12.9. The summed E-state index contributed by atoms with van der Waals surface area (Å²) < 4.78 is 0. The summed E-state index contributed by atoms with van der Waals surface area (Å²) in [6.45, 7) is 0.204. The predicted molar refractivity (Wildman–Crippen MR) is 110 cm³/mol.